The lowest BCUT2D eigenvalue weighted by molar-refractivity contribution is 0.0925. The monoisotopic (exact) mass is 714 g/mol. The lowest BCUT2D eigenvalue weighted by Crippen LogP contribution is -2.31. The van der Waals surface area contributed by atoms with E-state index in [9.17, 15) is 14.4 Å². The van der Waals surface area contributed by atoms with E-state index in [0.717, 1.165) is 4.90 Å². The van der Waals surface area contributed by atoms with E-state index in [0.29, 0.717) is 35.1 Å². The number of methoxy groups -OCH3 is 2. The third kappa shape index (κ3) is 4.08. The number of hydrogen-bond donors (Lipinski definition) is 1. The van der Waals surface area contributed by atoms with Gasteiger partial charge >= 0.3 is 0 Å². The van der Waals surface area contributed by atoms with Crippen LogP contribution in [0, 0.1) is 0 Å². The van der Waals surface area contributed by atoms with Gasteiger partial charge in [-0.15, -0.1) is 0 Å². The lowest BCUT2D eigenvalue weighted by Gasteiger charge is -2.18. The SMILES string of the molecule is COc1ccc(NC(=O)c2ccccc2N2C(=O)c3c(Br)c(Br)c(Br)c(Br)c3C2=O)c(OC)c1. The van der Waals surface area contributed by atoms with Gasteiger partial charge in [0.2, 0.25) is 0 Å². The summed E-state index contributed by atoms with van der Waals surface area (Å²) in [5, 5.41) is 2.78. The van der Waals surface area contributed by atoms with Crippen molar-refractivity contribution in [1.82, 2.24) is 0 Å². The summed E-state index contributed by atoms with van der Waals surface area (Å²) in [6.45, 7) is 0. The average Bonchev–Trinajstić information content (AvgIpc) is 3.11. The highest BCUT2D eigenvalue weighted by molar-refractivity contribution is 9.15. The van der Waals surface area contributed by atoms with Crippen LogP contribution in [-0.2, 0) is 0 Å². The molecule has 1 aliphatic rings. The first-order valence-electron chi connectivity index (χ1n) is 9.58. The molecule has 3 aromatic rings. The fraction of sp³-hybridized carbons (Fsp3) is 0.0870. The fourth-order valence-electron chi connectivity index (χ4n) is 3.52. The van der Waals surface area contributed by atoms with E-state index in [1.807, 2.05) is 0 Å². The molecule has 4 rings (SSSR count). The summed E-state index contributed by atoms with van der Waals surface area (Å²) in [5.41, 5.74) is 1.09. The number of carbonyl (C=O) groups excluding carboxylic acids is 3. The minimum absolute atomic E-state index is 0.139. The maximum Gasteiger partial charge on any atom is 0.267 e. The third-order valence-corrected chi connectivity index (χ3v) is 9.92. The summed E-state index contributed by atoms with van der Waals surface area (Å²) in [6.07, 6.45) is 0. The van der Waals surface area contributed by atoms with Crippen LogP contribution in [0.4, 0.5) is 11.4 Å². The van der Waals surface area contributed by atoms with Crippen molar-refractivity contribution in [2.75, 3.05) is 24.4 Å². The molecular weight excluding hydrogens is 704 g/mol. The molecule has 0 spiro atoms. The molecule has 3 aromatic carbocycles. The first-order valence-corrected chi connectivity index (χ1v) is 12.8. The Morgan fingerprint density at radius 2 is 1.41 bits per heavy atom. The second-order valence-electron chi connectivity index (χ2n) is 6.99. The zero-order valence-electron chi connectivity index (χ0n) is 17.5. The molecule has 0 unspecified atom stereocenters. The van der Waals surface area contributed by atoms with Crippen molar-refractivity contribution in [1.29, 1.82) is 0 Å². The number of nitrogens with zero attached hydrogens (tertiary/aromatic N) is 1. The van der Waals surface area contributed by atoms with Crippen LogP contribution in [0.15, 0.2) is 60.4 Å². The van der Waals surface area contributed by atoms with E-state index < -0.39 is 17.7 Å². The number of ether oxygens (including phenoxy) is 2. The maximum atomic E-state index is 13.4. The largest absolute Gasteiger partial charge is 0.497 e. The molecule has 0 radical (unpaired) electrons. The molecule has 0 fully saturated rings. The summed E-state index contributed by atoms with van der Waals surface area (Å²) in [5.74, 6) is -0.662. The van der Waals surface area contributed by atoms with Crippen molar-refractivity contribution in [3.8, 4) is 11.5 Å². The van der Waals surface area contributed by atoms with Gasteiger partial charge in [0.05, 0.1) is 42.3 Å². The summed E-state index contributed by atoms with van der Waals surface area (Å²) in [4.78, 5) is 41.1. The molecule has 0 aliphatic carbocycles. The van der Waals surface area contributed by atoms with Crippen molar-refractivity contribution in [3.63, 3.8) is 0 Å². The van der Waals surface area contributed by atoms with Gasteiger partial charge in [-0.05, 0) is 88.0 Å². The average molecular weight is 718 g/mol. The van der Waals surface area contributed by atoms with Gasteiger partial charge in [0.25, 0.3) is 17.7 Å². The van der Waals surface area contributed by atoms with Crippen LogP contribution in [0.5, 0.6) is 11.5 Å². The molecular formula is C23H14Br4N2O5. The molecule has 0 aromatic heterocycles. The molecule has 0 saturated carbocycles. The highest BCUT2D eigenvalue weighted by Crippen LogP contribution is 2.46. The first kappa shape index (κ1) is 24.9. The molecule has 11 heteroatoms. The minimum Gasteiger partial charge on any atom is -0.497 e. The predicted octanol–water partition coefficient (Wildman–Crippen LogP) is 6.81. The number of nitrogens with one attached hydrogen (secondary N) is 1. The Morgan fingerprint density at radius 3 is 1.97 bits per heavy atom. The normalized spacial score (nSPS) is 12.6. The second kappa shape index (κ2) is 9.80. The van der Waals surface area contributed by atoms with Gasteiger partial charge in [0.1, 0.15) is 11.5 Å². The van der Waals surface area contributed by atoms with Gasteiger partial charge in [0.15, 0.2) is 0 Å². The third-order valence-electron chi connectivity index (χ3n) is 5.15. The topological polar surface area (TPSA) is 84.9 Å². The van der Waals surface area contributed by atoms with Crippen molar-refractivity contribution < 1.29 is 23.9 Å². The molecule has 1 N–H and O–H groups in total. The molecule has 3 amide bonds. The van der Waals surface area contributed by atoms with Gasteiger partial charge in [-0.1, -0.05) is 12.1 Å². The molecule has 0 atom stereocenters. The van der Waals surface area contributed by atoms with E-state index in [1.165, 1.54) is 14.2 Å². The maximum absolute atomic E-state index is 13.4. The standard InChI is InChI=1S/C23H14Br4N2O5/c1-33-10-7-8-12(14(9-10)34-2)28-21(30)11-5-3-4-6-13(11)29-22(31)15-16(23(29)32)18(25)20(27)19(26)17(15)24/h3-9H,1-2H3,(H,28,30). The highest BCUT2D eigenvalue weighted by atomic mass is 79.9. The number of halogens is 4. The Labute approximate surface area is 228 Å². The predicted molar refractivity (Wildman–Crippen MR) is 142 cm³/mol. The van der Waals surface area contributed by atoms with Crippen LogP contribution < -0.4 is 19.7 Å². The lowest BCUT2D eigenvalue weighted by atomic mass is 10.1. The minimum atomic E-state index is -0.553. The molecule has 1 aliphatic heterocycles. The van der Waals surface area contributed by atoms with Crippen LogP contribution in [0.1, 0.15) is 31.1 Å². The fourth-order valence-corrected chi connectivity index (χ4v) is 5.98. The van der Waals surface area contributed by atoms with Crippen LogP contribution >= 0.6 is 63.7 Å². The number of fused-ring (bicyclic) bond motifs is 1. The van der Waals surface area contributed by atoms with E-state index in [4.69, 9.17) is 9.47 Å². The Kier molecular flexibility index (Phi) is 7.18. The quantitative estimate of drug-likeness (QED) is 0.178. The Bertz CT molecular complexity index is 1330. The molecule has 0 saturated heterocycles. The number of carbonyl (C=O) groups is 3. The molecule has 34 heavy (non-hydrogen) atoms. The first-order chi connectivity index (χ1) is 16.2. The van der Waals surface area contributed by atoms with Crippen LogP contribution in [0.25, 0.3) is 0 Å². The van der Waals surface area contributed by atoms with Crippen molar-refractivity contribution in [2.24, 2.45) is 0 Å². The molecule has 174 valence electrons. The number of benzene rings is 3. The summed E-state index contributed by atoms with van der Waals surface area (Å²) in [7, 11) is 3.00. The number of hydrogen-bond acceptors (Lipinski definition) is 5. The number of anilines is 2. The van der Waals surface area contributed by atoms with Crippen molar-refractivity contribution in [2.45, 2.75) is 0 Å². The number of amides is 3. The van der Waals surface area contributed by atoms with Gasteiger partial charge in [-0.2, -0.15) is 0 Å². The Morgan fingerprint density at radius 1 is 0.824 bits per heavy atom. The van der Waals surface area contributed by atoms with Crippen molar-refractivity contribution >= 4 is 92.8 Å². The summed E-state index contributed by atoms with van der Waals surface area (Å²) >= 11 is 13.6. The summed E-state index contributed by atoms with van der Waals surface area (Å²) in [6, 6.07) is 11.4. The van der Waals surface area contributed by atoms with E-state index in [2.05, 4.69) is 69.0 Å². The molecule has 7 nitrogen and oxygen atoms in total. The van der Waals surface area contributed by atoms with Gasteiger partial charge in [-0.3, -0.25) is 14.4 Å². The number of rotatable bonds is 5. The van der Waals surface area contributed by atoms with Gasteiger partial charge in [0, 0.05) is 24.0 Å². The number of imide groups is 1. The highest BCUT2D eigenvalue weighted by Gasteiger charge is 2.43. The zero-order chi connectivity index (χ0) is 24.7. The van der Waals surface area contributed by atoms with Crippen LogP contribution in [0.2, 0.25) is 0 Å². The number of para-hydroxylation sites is 1. The smallest absolute Gasteiger partial charge is 0.267 e. The van der Waals surface area contributed by atoms with Crippen molar-refractivity contribution in [3.05, 3.63) is 77.0 Å². The van der Waals surface area contributed by atoms with E-state index in [1.54, 1.807) is 42.5 Å². The van der Waals surface area contributed by atoms with Gasteiger partial charge < -0.3 is 14.8 Å². The van der Waals surface area contributed by atoms with Gasteiger partial charge in [-0.25, -0.2) is 4.90 Å². The van der Waals surface area contributed by atoms with Crippen LogP contribution in [-0.4, -0.2) is 31.9 Å². The van der Waals surface area contributed by atoms with E-state index in [-0.39, 0.29) is 22.4 Å². The van der Waals surface area contributed by atoms with E-state index >= 15 is 0 Å². The summed E-state index contributed by atoms with van der Waals surface area (Å²) < 4.78 is 12.6. The Balaban J connectivity index is 1.76. The van der Waals surface area contributed by atoms with Crippen LogP contribution in [0.3, 0.4) is 0 Å². The zero-order valence-corrected chi connectivity index (χ0v) is 23.9. The second-order valence-corrected chi connectivity index (χ2v) is 10.2. The molecule has 1 heterocycles. The molecule has 0 bridgehead atoms. The Hall–Kier alpha value is -2.21.